The van der Waals surface area contributed by atoms with Crippen LogP contribution in [-0.4, -0.2) is 4.92 Å². The molecule has 0 aromatic heterocycles. The highest BCUT2D eigenvalue weighted by Crippen LogP contribution is 2.32. The van der Waals surface area contributed by atoms with Gasteiger partial charge in [0.1, 0.15) is 11.6 Å². The maximum Gasteiger partial charge on any atom is 0.272 e. The molecule has 0 atom stereocenters. The van der Waals surface area contributed by atoms with E-state index in [0.29, 0.717) is 15.7 Å². The monoisotopic (exact) mass is 376 g/mol. The van der Waals surface area contributed by atoms with Crippen molar-refractivity contribution in [2.24, 2.45) is 0 Å². The molecule has 21 heavy (non-hydrogen) atoms. The van der Waals surface area contributed by atoms with Crippen LogP contribution in [0, 0.1) is 21.7 Å². The lowest BCUT2D eigenvalue weighted by atomic mass is 10.2. The zero-order chi connectivity index (χ0) is 15.6. The van der Waals surface area contributed by atoms with E-state index in [1.54, 1.807) is 0 Å². The van der Waals surface area contributed by atoms with Crippen LogP contribution in [0.2, 0.25) is 5.02 Å². The van der Waals surface area contributed by atoms with E-state index < -0.39 is 16.6 Å². The predicted octanol–water partition coefficient (Wildman–Crippen LogP) is 4.90. The fraction of sp³-hybridized carbons (Fsp3) is 0.0769. The highest BCUT2D eigenvalue weighted by atomic mass is 79.9. The second kappa shape index (κ2) is 6.36. The molecule has 2 aromatic rings. The zero-order valence-corrected chi connectivity index (χ0v) is 12.7. The van der Waals surface area contributed by atoms with Gasteiger partial charge in [-0.05, 0) is 39.7 Å². The maximum atomic E-state index is 13.3. The summed E-state index contributed by atoms with van der Waals surface area (Å²) in [4.78, 5) is 10.0. The van der Waals surface area contributed by atoms with Crippen LogP contribution in [0.3, 0.4) is 0 Å². The number of anilines is 1. The van der Waals surface area contributed by atoms with Gasteiger partial charge < -0.3 is 5.32 Å². The molecule has 0 unspecified atom stereocenters. The molecule has 2 aromatic carbocycles. The number of nitro benzene ring substituents is 1. The first kappa shape index (κ1) is 15.7. The Morgan fingerprint density at radius 1 is 1.19 bits per heavy atom. The molecule has 0 aliphatic rings. The lowest BCUT2D eigenvalue weighted by molar-refractivity contribution is -0.385. The topological polar surface area (TPSA) is 55.2 Å². The van der Waals surface area contributed by atoms with E-state index in [9.17, 15) is 18.9 Å². The molecule has 4 nitrogen and oxygen atoms in total. The molecule has 0 amide bonds. The third kappa shape index (κ3) is 3.89. The predicted molar refractivity (Wildman–Crippen MR) is 79.5 cm³/mol. The standard InChI is InChI=1S/C13H8BrClF2N2O2/c14-11-4-9(17)5-12(15)13(11)18-6-7-1-8(16)3-10(2-7)19(20)21/h1-5,18H,6H2. The van der Waals surface area contributed by atoms with Gasteiger partial charge in [0.05, 0.1) is 21.7 Å². The zero-order valence-electron chi connectivity index (χ0n) is 10.4. The average Bonchev–Trinajstić information content (AvgIpc) is 2.36. The summed E-state index contributed by atoms with van der Waals surface area (Å²) in [6.45, 7) is 0.0998. The number of hydrogen-bond acceptors (Lipinski definition) is 3. The van der Waals surface area contributed by atoms with Crippen LogP contribution in [0.4, 0.5) is 20.2 Å². The molecular formula is C13H8BrClF2N2O2. The summed E-state index contributed by atoms with van der Waals surface area (Å²) in [5.41, 5.74) is 0.454. The van der Waals surface area contributed by atoms with Gasteiger partial charge in [-0.3, -0.25) is 10.1 Å². The third-order valence-electron chi connectivity index (χ3n) is 2.63. The fourth-order valence-corrected chi connectivity index (χ4v) is 2.70. The van der Waals surface area contributed by atoms with Crippen molar-refractivity contribution in [1.82, 2.24) is 0 Å². The Hall–Kier alpha value is -1.73. The second-order valence-electron chi connectivity index (χ2n) is 4.17. The van der Waals surface area contributed by atoms with Gasteiger partial charge in [0.25, 0.3) is 5.69 Å². The van der Waals surface area contributed by atoms with E-state index in [1.165, 1.54) is 18.2 Å². The lowest BCUT2D eigenvalue weighted by Gasteiger charge is -2.11. The quantitative estimate of drug-likeness (QED) is 0.609. The van der Waals surface area contributed by atoms with Crippen LogP contribution in [0.1, 0.15) is 5.56 Å². The highest BCUT2D eigenvalue weighted by molar-refractivity contribution is 9.10. The summed E-state index contributed by atoms with van der Waals surface area (Å²) in [6, 6.07) is 5.61. The van der Waals surface area contributed by atoms with E-state index in [0.717, 1.165) is 12.1 Å². The Labute approximate surface area is 132 Å². The highest BCUT2D eigenvalue weighted by Gasteiger charge is 2.11. The number of rotatable bonds is 4. The van der Waals surface area contributed by atoms with Crippen LogP contribution in [0.15, 0.2) is 34.8 Å². The molecule has 0 bridgehead atoms. The molecule has 0 saturated heterocycles. The van der Waals surface area contributed by atoms with Crippen molar-refractivity contribution < 1.29 is 13.7 Å². The number of nitro groups is 1. The van der Waals surface area contributed by atoms with Gasteiger partial charge >= 0.3 is 0 Å². The molecule has 110 valence electrons. The van der Waals surface area contributed by atoms with Crippen LogP contribution < -0.4 is 5.32 Å². The smallest absolute Gasteiger partial charge is 0.272 e. The van der Waals surface area contributed by atoms with Gasteiger partial charge in [-0.25, -0.2) is 8.78 Å². The molecule has 0 aliphatic carbocycles. The number of nitrogens with zero attached hydrogens (tertiary/aromatic N) is 1. The number of non-ortho nitro benzene ring substituents is 1. The first-order valence-electron chi connectivity index (χ1n) is 5.69. The third-order valence-corrected chi connectivity index (χ3v) is 3.55. The molecule has 0 radical (unpaired) electrons. The number of hydrogen-bond donors (Lipinski definition) is 1. The van der Waals surface area contributed by atoms with Crippen molar-refractivity contribution in [1.29, 1.82) is 0 Å². The van der Waals surface area contributed by atoms with E-state index in [-0.39, 0.29) is 17.3 Å². The molecule has 1 N–H and O–H groups in total. The summed E-state index contributed by atoms with van der Waals surface area (Å²) in [5.74, 6) is -1.20. The van der Waals surface area contributed by atoms with Gasteiger partial charge in [0.15, 0.2) is 0 Å². The van der Waals surface area contributed by atoms with Crippen molar-refractivity contribution in [2.75, 3.05) is 5.32 Å². The van der Waals surface area contributed by atoms with E-state index in [1.807, 2.05) is 0 Å². The fourth-order valence-electron chi connectivity index (χ4n) is 1.74. The Morgan fingerprint density at radius 3 is 2.48 bits per heavy atom. The minimum atomic E-state index is -0.703. The summed E-state index contributed by atoms with van der Waals surface area (Å²) < 4.78 is 26.8. The largest absolute Gasteiger partial charge is 0.379 e. The number of halogens is 4. The summed E-state index contributed by atoms with van der Waals surface area (Å²) in [5, 5.41) is 13.7. The molecule has 0 aliphatic heterocycles. The Balaban J connectivity index is 2.23. The Morgan fingerprint density at radius 2 is 1.86 bits per heavy atom. The minimum absolute atomic E-state index is 0.0998. The van der Waals surface area contributed by atoms with Crippen molar-refractivity contribution in [3.63, 3.8) is 0 Å². The first-order valence-corrected chi connectivity index (χ1v) is 6.86. The lowest BCUT2D eigenvalue weighted by Crippen LogP contribution is -2.02. The van der Waals surface area contributed by atoms with Gasteiger partial charge in [-0.15, -0.1) is 0 Å². The van der Waals surface area contributed by atoms with E-state index in [2.05, 4.69) is 21.2 Å². The molecular weight excluding hydrogens is 370 g/mol. The van der Waals surface area contributed by atoms with E-state index >= 15 is 0 Å². The molecule has 0 spiro atoms. The normalized spacial score (nSPS) is 10.5. The molecule has 0 saturated carbocycles. The van der Waals surface area contributed by atoms with Crippen molar-refractivity contribution in [3.8, 4) is 0 Å². The molecule has 8 heteroatoms. The van der Waals surface area contributed by atoms with Gasteiger partial charge in [0, 0.05) is 17.1 Å². The van der Waals surface area contributed by atoms with Crippen molar-refractivity contribution in [3.05, 3.63) is 67.1 Å². The maximum absolute atomic E-state index is 13.3. The Kier molecular flexibility index (Phi) is 4.74. The molecule has 2 rings (SSSR count). The Bertz CT molecular complexity index is 690. The van der Waals surface area contributed by atoms with Crippen molar-refractivity contribution >= 4 is 38.9 Å². The summed E-state index contributed by atoms with van der Waals surface area (Å²) in [7, 11) is 0. The van der Waals surface area contributed by atoms with Crippen LogP contribution >= 0.6 is 27.5 Å². The van der Waals surface area contributed by atoms with Crippen LogP contribution in [0.5, 0.6) is 0 Å². The first-order chi connectivity index (χ1) is 9.86. The second-order valence-corrected chi connectivity index (χ2v) is 5.43. The van der Waals surface area contributed by atoms with Gasteiger partial charge in [-0.2, -0.15) is 0 Å². The van der Waals surface area contributed by atoms with Crippen molar-refractivity contribution in [2.45, 2.75) is 6.54 Å². The van der Waals surface area contributed by atoms with Gasteiger partial charge in [-0.1, -0.05) is 11.6 Å². The van der Waals surface area contributed by atoms with Crippen LogP contribution in [-0.2, 0) is 6.54 Å². The van der Waals surface area contributed by atoms with Crippen LogP contribution in [0.25, 0.3) is 0 Å². The van der Waals surface area contributed by atoms with Gasteiger partial charge in [0.2, 0.25) is 0 Å². The summed E-state index contributed by atoms with van der Waals surface area (Å²) >= 11 is 9.05. The molecule has 0 fully saturated rings. The summed E-state index contributed by atoms with van der Waals surface area (Å²) in [6.07, 6.45) is 0. The average molecular weight is 378 g/mol. The number of benzene rings is 2. The number of nitrogens with one attached hydrogen (secondary N) is 1. The minimum Gasteiger partial charge on any atom is -0.379 e. The van der Waals surface area contributed by atoms with E-state index in [4.69, 9.17) is 11.6 Å². The SMILES string of the molecule is O=[N+]([O-])c1cc(F)cc(CNc2c(Cl)cc(F)cc2Br)c1. The molecule has 0 heterocycles.